The number of carbonyl (C=O) groups excluding carboxylic acids is 3. The number of furan rings is 1. The molecule has 3 aromatic rings. The summed E-state index contributed by atoms with van der Waals surface area (Å²) in [5, 5.41) is 0.768. The third-order valence-corrected chi connectivity index (χ3v) is 4.07. The van der Waals surface area contributed by atoms with E-state index in [1.165, 1.54) is 7.11 Å². The molecule has 2 heterocycles. The van der Waals surface area contributed by atoms with Crippen LogP contribution in [-0.4, -0.2) is 36.4 Å². The fraction of sp³-hybridized carbons (Fsp3) is 0.211. The van der Waals surface area contributed by atoms with E-state index >= 15 is 0 Å². The Kier molecular flexibility index (Phi) is 4.62. The predicted molar refractivity (Wildman–Crippen MR) is 92.4 cm³/mol. The quantitative estimate of drug-likeness (QED) is 0.557. The number of aromatic nitrogens is 1. The fourth-order valence-corrected chi connectivity index (χ4v) is 2.79. The van der Waals surface area contributed by atoms with Gasteiger partial charge in [-0.1, -0.05) is 18.2 Å². The highest BCUT2D eigenvalue weighted by Gasteiger charge is 2.23. The Bertz CT molecular complexity index is 977. The lowest BCUT2D eigenvalue weighted by atomic mass is 10.1. The first-order valence-electron chi connectivity index (χ1n) is 7.88. The summed E-state index contributed by atoms with van der Waals surface area (Å²) in [6.45, 7) is 2.82. The molecule has 0 bridgehead atoms. The van der Waals surface area contributed by atoms with E-state index in [9.17, 15) is 14.4 Å². The molecule has 0 aliphatic heterocycles. The number of aromatic amines is 1. The molecule has 0 saturated carbocycles. The molecule has 0 amide bonds. The van der Waals surface area contributed by atoms with Crippen molar-refractivity contribution in [2.45, 2.75) is 13.8 Å². The first kappa shape index (κ1) is 17.5. The van der Waals surface area contributed by atoms with E-state index in [4.69, 9.17) is 13.9 Å². The van der Waals surface area contributed by atoms with Gasteiger partial charge in [-0.05, 0) is 31.5 Å². The minimum Gasteiger partial charge on any atom is -0.465 e. The second-order valence-electron chi connectivity index (χ2n) is 5.76. The summed E-state index contributed by atoms with van der Waals surface area (Å²) in [5.41, 5.74) is 2.05. The molecule has 0 radical (unpaired) electrons. The average molecular weight is 355 g/mol. The zero-order chi connectivity index (χ0) is 18.8. The number of nitrogens with one attached hydrogen (secondary N) is 1. The number of hydrogen-bond donors (Lipinski definition) is 1. The molecule has 0 aliphatic carbocycles. The molecule has 7 nitrogen and oxygen atoms in total. The van der Waals surface area contributed by atoms with Crippen LogP contribution in [0.3, 0.4) is 0 Å². The van der Waals surface area contributed by atoms with E-state index in [2.05, 4.69) is 4.98 Å². The standard InChI is InChI=1S/C19H17NO6/c1-10-16(19(23)24-3)11(2)20-17(10)13(21)9-25-18(22)15-8-12-6-4-5-7-14(12)26-15/h4-8,20H,9H2,1-3H3. The van der Waals surface area contributed by atoms with E-state index in [-0.39, 0.29) is 11.5 Å². The van der Waals surface area contributed by atoms with Crippen LogP contribution in [0.25, 0.3) is 11.0 Å². The number of esters is 2. The summed E-state index contributed by atoms with van der Waals surface area (Å²) < 4.78 is 15.2. The van der Waals surface area contributed by atoms with E-state index in [0.717, 1.165) is 5.39 Å². The van der Waals surface area contributed by atoms with Crippen LogP contribution >= 0.6 is 0 Å². The Hall–Kier alpha value is -3.35. The van der Waals surface area contributed by atoms with Gasteiger partial charge in [-0.3, -0.25) is 4.79 Å². The van der Waals surface area contributed by atoms with Gasteiger partial charge >= 0.3 is 11.9 Å². The van der Waals surface area contributed by atoms with Crippen molar-refractivity contribution in [2.75, 3.05) is 13.7 Å². The Morgan fingerprint density at radius 3 is 2.54 bits per heavy atom. The van der Waals surface area contributed by atoms with Gasteiger partial charge in [-0.2, -0.15) is 0 Å². The van der Waals surface area contributed by atoms with Crippen molar-refractivity contribution in [1.29, 1.82) is 0 Å². The lowest BCUT2D eigenvalue weighted by Crippen LogP contribution is -2.15. The van der Waals surface area contributed by atoms with Crippen LogP contribution in [0.4, 0.5) is 0 Å². The predicted octanol–water partition coefficient (Wildman–Crippen LogP) is 3.20. The molecule has 7 heteroatoms. The minimum atomic E-state index is -0.733. The van der Waals surface area contributed by atoms with Gasteiger partial charge in [0.15, 0.2) is 6.61 Å². The summed E-state index contributed by atoms with van der Waals surface area (Å²) in [7, 11) is 1.27. The van der Waals surface area contributed by atoms with Gasteiger partial charge < -0.3 is 18.9 Å². The summed E-state index contributed by atoms with van der Waals surface area (Å²) in [4.78, 5) is 39.1. The van der Waals surface area contributed by atoms with Gasteiger partial charge in [0.25, 0.3) is 0 Å². The van der Waals surface area contributed by atoms with Crippen LogP contribution in [0.1, 0.15) is 42.7 Å². The number of ether oxygens (including phenoxy) is 2. The molecular weight excluding hydrogens is 338 g/mol. The fourth-order valence-electron chi connectivity index (χ4n) is 2.79. The molecule has 1 N–H and O–H groups in total. The molecule has 1 aromatic carbocycles. The minimum absolute atomic E-state index is 0.0219. The number of Topliss-reactive ketones (excluding diaryl/α,β-unsaturated/α-hetero) is 1. The molecule has 3 rings (SSSR count). The van der Waals surface area contributed by atoms with Gasteiger partial charge in [0.2, 0.25) is 11.5 Å². The van der Waals surface area contributed by atoms with Crippen LogP contribution in [0.5, 0.6) is 0 Å². The Balaban J connectivity index is 1.72. The Labute approximate surface area is 148 Å². The largest absolute Gasteiger partial charge is 0.465 e. The van der Waals surface area contributed by atoms with Crippen molar-refractivity contribution in [3.8, 4) is 0 Å². The molecule has 0 unspecified atom stereocenters. The van der Waals surface area contributed by atoms with Crippen molar-refractivity contribution < 1.29 is 28.3 Å². The number of H-pyrrole nitrogens is 1. The number of rotatable bonds is 5. The summed E-state index contributed by atoms with van der Waals surface area (Å²) in [6, 6.07) is 8.71. The van der Waals surface area contributed by atoms with Gasteiger partial charge in [0.1, 0.15) is 5.58 Å². The first-order valence-corrected chi connectivity index (χ1v) is 7.88. The maximum Gasteiger partial charge on any atom is 0.374 e. The first-order chi connectivity index (χ1) is 12.4. The van der Waals surface area contributed by atoms with Crippen molar-refractivity contribution in [1.82, 2.24) is 4.98 Å². The monoisotopic (exact) mass is 355 g/mol. The highest BCUT2D eigenvalue weighted by Crippen LogP contribution is 2.21. The maximum absolute atomic E-state index is 12.4. The number of ketones is 1. The van der Waals surface area contributed by atoms with E-state index < -0.39 is 24.3 Å². The molecule has 134 valence electrons. The van der Waals surface area contributed by atoms with Gasteiger partial charge in [-0.25, -0.2) is 9.59 Å². The van der Waals surface area contributed by atoms with Gasteiger partial charge in [0, 0.05) is 11.1 Å². The highest BCUT2D eigenvalue weighted by molar-refractivity contribution is 6.03. The smallest absolute Gasteiger partial charge is 0.374 e. The molecule has 0 spiro atoms. The topological polar surface area (TPSA) is 98.6 Å². The van der Waals surface area contributed by atoms with Crippen LogP contribution in [-0.2, 0) is 9.47 Å². The average Bonchev–Trinajstić information content (AvgIpc) is 3.19. The van der Waals surface area contributed by atoms with Crippen molar-refractivity contribution >= 4 is 28.7 Å². The molecule has 2 aromatic heterocycles. The van der Waals surface area contributed by atoms with Crippen LogP contribution < -0.4 is 0 Å². The van der Waals surface area contributed by atoms with Crippen molar-refractivity contribution in [3.63, 3.8) is 0 Å². The lowest BCUT2D eigenvalue weighted by molar-refractivity contribution is 0.0444. The van der Waals surface area contributed by atoms with Crippen LogP contribution in [0, 0.1) is 13.8 Å². The van der Waals surface area contributed by atoms with Gasteiger partial charge in [0.05, 0.1) is 18.4 Å². The molecule has 0 aliphatic rings. The molecule has 0 atom stereocenters. The highest BCUT2D eigenvalue weighted by atomic mass is 16.5. The normalized spacial score (nSPS) is 10.7. The summed E-state index contributed by atoms with van der Waals surface area (Å²) >= 11 is 0. The second kappa shape index (κ2) is 6.87. The number of methoxy groups -OCH3 is 1. The van der Waals surface area contributed by atoms with E-state index in [1.54, 1.807) is 38.1 Å². The second-order valence-corrected chi connectivity index (χ2v) is 5.76. The molecular formula is C19H17NO6. The van der Waals surface area contributed by atoms with Crippen LogP contribution in [0.2, 0.25) is 0 Å². The number of benzene rings is 1. The number of para-hydroxylation sites is 1. The SMILES string of the molecule is COC(=O)c1c(C)[nH]c(C(=O)COC(=O)c2cc3ccccc3o2)c1C. The molecule has 26 heavy (non-hydrogen) atoms. The molecule has 0 saturated heterocycles. The zero-order valence-electron chi connectivity index (χ0n) is 14.5. The maximum atomic E-state index is 12.4. The third-order valence-electron chi connectivity index (χ3n) is 4.07. The Morgan fingerprint density at radius 1 is 1.12 bits per heavy atom. The van der Waals surface area contributed by atoms with Crippen molar-refractivity contribution in [3.05, 3.63) is 58.6 Å². The van der Waals surface area contributed by atoms with Gasteiger partial charge in [-0.15, -0.1) is 0 Å². The lowest BCUT2D eigenvalue weighted by Gasteiger charge is -2.03. The van der Waals surface area contributed by atoms with E-state index in [0.29, 0.717) is 22.4 Å². The van der Waals surface area contributed by atoms with Crippen LogP contribution in [0.15, 0.2) is 34.7 Å². The zero-order valence-corrected chi connectivity index (χ0v) is 14.5. The number of aryl methyl sites for hydroxylation is 1. The number of hydrogen-bond acceptors (Lipinski definition) is 6. The molecule has 0 fully saturated rings. The van der Waals surface area contributed by atoms with Crippen molar-refractivity contribution in [2.24, 2.45) is 0 Å². The third kappa shape index (κ3) is 3.11. The number of carbonyl (C=O) groups is 3. The summed E-state index contributed by atoms with van der Waals surface area (Å²) in [5.74, 6) is -1.70. The Morgan fingerprint density at radius 2 is 1.85 bits per heavy atom. The number of fused-ring (bicyclic) bond motifs is 1. The summed E-state index contributed by atoms with van der Waals surface area (Å²) in [6.07, 6.45) is 0. The van der Waals surface area contributed by atoms with E-state index in [1.807, 2.05) is 6.07 Å².